The predicted octanol–water partition coefficient (Wildman–Crippen LogP) is 4.08. The highest BCUT2D eigenvalue weighted by atomic mass is 35.5. The van der Waals surface area contributed by atoms with Gasteiger partial charge >= 0.3 is 0 Å². The van der Waals surface area contributed by atoms with Crippen LogP contribution >= 0.6 is 11.6 Å². The number of ketones is 1. The fourth-order valence-electron chi connectivity index (χ4n) is 2.43. The zero-order valence-corrected chi connectivity index (χ0v) is 12.0. The lowest BCUT2D eigenvalue weighted by Crippen LogP contribution is -2.07. The van der Waals surface area contributed by atoms with Crippen molar-refractivity contribution < 1.29 is 4.79 Å². The lowest BCUT2D eigenvalue weighted by atomic mass is 9.93. The number of nitrogen functional groups attached to an aromatic ring is 1. The van der Waals surface area contributed by atoms with Crippen molar-refractivity contribution in [1.29, 1.82) is 0 Å². The predicted molar refractivity (Wildman–Crippen MR) is 79.9 cm³/mol. The minimum atomic E-state index is -0.0378. The Morgan fingerprint density at radius 2 is 1.58 bits per heavy atom. The van der Waals surface area contributed by atoms with E-state index < -0.39 is 0 Å². The number of hydrogen-bond acceptors (Lipinski definition) is 2. The highest BCUT2D eigenvalue weighted by Gasteiger charge is 2.15. The van der Waals surface area contributed by atoms with E-state index in [1.807, 2.05) is 32.9 Å². The Morgan fingerprint density at radius 3 is 2.11 bits per heavy atom. The zero-order valence-electron chi connectivity index (χ0n) is 11.3. The number of carbonyl (C=O) groups is 1. The van der Waals surface area contributed by atoms with Crippen LogP contribution in [0, 0.1) is 20.8 Å². The van der Waals surface area contributed by atoms with Gasteiger partial charge in [-0.15, -0.1) is 0 Å². The fourth-order valence-corrected chi connectivity index (χ4v) is 2.67. The summed E-state index contributed by atoms with van der Waals surface area (Å²) in [5.74, 6) is -0.0378. The van der Waals surface area contributed by atoms with E-state index in [1.165, 1.54) is 0 Å². The topological polar surface area (TPSA) is 43.1 Å². The summed E-state index contributed by atoms with van der Waals surface area (Å²) >= 11 is 5.95. The summed E-state index contributed by atoms with van der Waals surface area (Å²) in [7, 11) is 0. The molecule has 0 unspecified atom stereocenters. The first-order valence-corrected chi connectivity index (χ1v) is 6.45. The average Bonchev–Trinajstić information content (AvgIpc) is 2.25. The van der Waals surface area contributed by atoms with Crippen LogP contribution in [0.25, 0.3) is 0 Å². The van der Waals surface area contributed by atoms with Gasteiger partial charge in [0.05, 0.1) is 0 Å². The zero-order chi connectivity index (χ0) is 14.2. The summed E-state index contributed by atoms with van der Waals surface area (Å²) in [6.45, 7) is 5.91. The third-order valence-electron chi connectivity index (χ3n) is 3.09. The second-order valence-electron chi connectivity index (χ2n) is 4.88. The van der Waals surface area contributed by atoms with Crippen molar-refractivity contribution in [2.24, 2.45) is 0 Å². The van der Waals surface area contributed by atoms with Crippen LogP contribution in [-0.4, -0.2) is 5.78 Å². The maximum absolute atomic E-state index is 12.6. The van der Waals surface area contributed by atoms with Gasteiger partial charge in [-0.2, -0.15) is 0 Å². The van der Waals surface area contributed by atoms with Crippen LogP contribution in [-0.2, 0) is 0 Å². The summed E-state index contributed by atoms with van der Waals surface area (Å²) in [4.78, 5) is 12.6. The number of rotatable bonds is 2. The summed E-state index contributed by atoms with van der Waals surface area (Å²) in [6.07, 6.45) is 0. The van der Waals surface area contributed by atoms with Crippen LogP contribution < -0.4 is 5.73 Å². The number of benzene rings is 2. The quantitative estimate of drug-likeness (QED) is 0.662. The van der Waals surface area contributed by atoms with Crippen LogP contribution in [0.5, 0.6) is 0 Å². The van der Waals surface area contributed by atoms with Crippen LogP contribution in [0.3, 0.4) is 0 Å². The van der Waals surface area contributed by atoms with Gasteiger partial charge < -0.3 is 5.73 Å². The van der Waals surface area contributed by atoms with E-state index in [2.05, 4.69) is 0 Å². The minimum absolute atomic E-state index is 0.0378. The number of hydrogen-bond donors (Lipinski definition) is 1. The normalized spacial score (nSPS) is 10.5. The number of aryl methyl sites for hydroxylation is 3. The Bertz CT molecular complexity index is 619. The third-order valence-corrected chi connectivity index (χ3v) is 3.30. The molecule has 0 aliphatic rings. The maximum atomic E-state index is 12.6. The van der Waals surface area contributed by atoms with E-state index in [0.717, 1.165) is 22.3 Å². The Labute approximate surface area is 118 Å². The van der Waals surface area contributed by atoms with Gasteiger partial charge in [0.2, 0.25) is 0 Å². The molecule has 3 heteroatoms. The lowest BCUT2D eigenvalue weighted by Gasteiger charge is -2.11. The minimum Gasteiger partial charge on any atom is -0.399 e. The molecule has 0 fully saturated rings. The molecule has 0 aliphatic heterocycles. The molecular weight excluding hydrogens is 258 g/mol. The average molecular weight is 274 g/mol. The fraction of sp³-hybridized carbons (Fsp3) is 0.188. The summed E-state index contributed by atoms with van der Waals surface area (Å²) < 4.78 is 0. The van der Waals surface area contributed by atoms with Gasteiger partial charge in [-0.1, -0.05) is 29.3 Å². The third kappa shape index (κ3) is 2.79. The van der Waals surface area contributed by atoms with Crippen molar-refractivity contribution in [3.8, 4) is 0 Å². The van der Waals surface area contributed by atoms with Crippen LogP contribution in [0.4, 0.5) is 5.69 Å². The van der Waals surface area contributed by atoms with E-state index in [1.54, 1.807) is 18.2 Å². The first-order valence-electron chi connectivity index (χ1n) is 6.07. The standard InChI is InChI=1S/C16H16ClNO/c1-9-4-10(2)15(11(3)5-9)16(19)12-6-13(17)8-14(18)7-12/h4-8H,18H2,1-3H3. The largest absolute Gasteiger partial charge is 0.399 e. The van der Waals surface area contributed by atoms with Crippen molar-refractivity contribution in [1.82, 2.24) is 0 Å². The molecule has 0 bridgehead atoms. The molecule has 0 aliphatic carbocycles. The summed E-state index contributed by atoms with van der Waals surface area (Å²) in [6, 6.07) is 8.96. The molecule has 0 radical (unpaired) electrons. The Morgan fingerprint density at radius 1 is 1.00 bits per heavy atom. The molecule has 2 rings (SSSR count). The van der Waals surface area contributed by atoms with Crippen molar-refractivity contribution >= 4 is 23.1 Å². The van der Waals surface area contributed by atoms with Crippen molar-refractivity contribution in [2.75, 3.05) is 5.73 Å². The van der Waals surface area contributed by atoms with E-state index in [0.29, 0.717) is 16.3 Å². The van der Waals surface area contributed by atoms with Gasteiger partial charge in [0, 0.05) is 21.8 Å². The monoisotopic (exact) mass is 273 g/mol. The van der Waals surface area contributed by atoms with Crippen LogP contribution in [0.2, 0.25) is 5.02 Å². The molecule has 2 N–H and O–H groups in total. The van der Waals surface area contributed by atoms with Gasteiger partial charge in [0.15, 0.2) is 5.78 Å². The Hall–Kier alpha value is -1.80. The first-order chi connectivity index (χ1) is 8.88. The highest BCUT2D eigenvalue weighted by Crippen LogP contribution is 2.23. The Balaban J connectivity index is 2.56. The van der Waals surface area contributed by atoms with E-state index >= 15 is 0 Å². The van der Waals surface area contributed by atoms with Crippen LogP contribution in [0.1, 0.15) is 32.6 Å². The van der Waals surface area contributed by atoms with Crippen molar-refractivity contribution in [3.05, 3.63) is 63.2 Å². The second-order valence-corrected chi connectivity index (χ2v) is 5.31. The molecule has 98 valence electrons. The second kappa shape index (κ2) is 5.06. The molecule has 2 aromatic rings. The molecule has 0 heterocycles. The first kappa shape index (κ1) is 13.6. The van der Waals surface area contributed by atoms with Gasteiger partial charge in [0.1, 0.15) is 0 Å². The van der Waals surface area contributed by atoms with Crippen LogP contribution in [0.15, 0.2) is 30.3 Å². The number of halogens is 1. The molecule has 0 atom stereocenters. The van der Waals surface area contributed by atoms with Gasteiger partial charge in [-0.25, -0.2) is 0 Å². The van der Waals surface area contributed by atoms with Crippen molar-refractivity contribution in [3.63, 3.8) is 0 Å². The highest BCUT2D eigenvalue weighted by molar-refractivity contribution is 6.31. The van der Waals surface area contributed by atoms with Gasteiger partial charge in [-0.05, 0) is 50.1 Å². The molecule has 0 saturated carbocycles. The lowest BCUT2D eigenvalue weighted by molar-refractivity contribution is 0.103. The molecule has 0 aromatic heterocycles. The maximum Gasteiger partial charge on any atom is 0.193 e. The van der Waals surface area contributed by atoms with E-state index in [9.17, 15) is 4.79 Å². The molecular formula is C16H16ClNO. The molecule has 0 saturated heterocycles. The number of anilines is 1. The smallest absolute Gasteiger partial charge is 0.193 e. The molecule has 2 aromatic carbocycles. The Kier molecular flexibility index (Phi) is 3.63. The molecule has 0 amide bonds. The van der Waals surface area contributed by atoms with E-state index in [-0.39, 0.29) is 5.78 Å². The molecule has 0 spiro atoms. The number of carbonyl (C=O) groups excluding carboxylic acids is 1. The van der Waals surface area contributed by atoms with Gasteiger partial charge in [0.25, 0.3) is 0 Å². The van der Waals surface area contributed by atoms with Gasteiger partial charge in [-0.3, -0.25) is 4.79 Å². The SMILES string of the molecule is Cc1cc(C)c(C(=O)c2cc(N)cc(Cl)c2)c(C)c1. The number of nitrogens with two attached hydrogens (primary N) is 1. The van der Waals surface area contributed by atoms with Crippen molar-refractivity contribution in [2.45, 2.75) is 20.8 Å². The molecule has 19 heavy (non-hydrogen) atoms. The molecule has 2 nitrogen and oxygen atoms in total. The van der Waals surface area contributed by atoms with E-state index in [4.69, 9.17) is 17.3 Å². The summed E-state index contributed by atoms with van der Waals surface area (Å²) in [5.41, 5.74) is 10.6. The summed E-state index contributed by atoms with van der Waals surface area (Å²) in [5, 5.41) is 0.478.